The van der Waals surface area contributed by atoms with Crippen LogP contribution in [0.4, 0.5) is 5.69 Å². The molecule has 0 unspecified atom stereocenters. The van der Waals surface area contributed by atoms with E-state index < -0.39 is 0 Å². The van der Waals surface area contributed by atoms with Gasteiger partial charge < -0.3 is 5.73 Å². The van der Waals surface area contributed by atoms with Crippen LogP contribution in [0.15, 0.2) is 34.3 Å². The molecule has 0 saturated carbocycles. The number of anilines is 1. The molecule has 17 heavy (non-hydrogen) atoms. The summed E-state index contributed by atoms with van der Waals surface area (Å²) in [5, 5.41) is 0.902. The summed E-state index contributed by atoms with van der Waals surface area (Å²) in [6.07, 6.45) is 1.53. The van der Waals surface area contributed by atoms with Crippen LogP contribution in [0.2, 0.25) is 5.28 Å². The third kappa shape index (κ3) is 2.90. The molecule has 0 saturated heterocycles. The van der Waals surface area contributed by atoms with Crippen molar-refractivity contribution in [2.45, 2.75) is 23.8 Å². The Balaban J connectivity index is 2.31. The van der Waals surface area contributed by atoms with E-state index in [4.69, 9.17) is 17.3 Å². The van der Waals surface area contributed by atoms with E-state index in [1.54, 1.807) is 0 Å². The molecule has 3 nitrogen and oxygen atoms in total. The lowest BCUT2D eigenvalue weighted by Crippen LogP contribution is -1.94. The van der Waals surface area contributed by atoms with Gasteiger partial charge in [0.25, 0.3) is 0 Å². The van der Waals surface area contributed by atoms with Gasteiger partial charge >= 0.3 is 0 Å². The van der Waals surface area contributed by atoms with Crippen molar-refractivity contribution in [3.8, 4) is 0 Å². The fourth-order valence-electron chi connectivity index (χ4n) is 1.33. The van der Waals surface area contributed by atoms with Crippen LogP contribution in [-0.2, 0) is 0 Å². The molecule has 1 aromatic heterocycles. The Hall–Kier alpha value is -1.26. The lowest BCUT2D eigenvalue weighted by atomic mass is 10.1. The normalized spacial score (nSPS) is 10.5. The number of hydrogen-bond donors (Lipinski definition) is 1. The number of rotatable bonds is 2. The molecule has 88 valence electrons. The molecule has 0 aliphatic carbocycles. The maximum absolute atomic E-state index is 5.80. The third-order valence-corrected chi connectivity index (χ3v) is 3.64. The van der Waals surface area contributed by atoms with Crippen molar-refractivity contribution in [3.05, 3.63) is 40.8 Å². The molecule has 0 aliphatic rings. The highest BCUT2D eigenvalue weighted by Gasteiger charge is 2.06. The molecular weight excluding hydrogens is 254 g/mol. The standard InChI is InChI=1S/C12H12ClN3S/c1-7-3-4-9(5-8(7)2)17-11-10(14)6-15-12(13)16-11/h3-6H,14H2,1-2H3. The Bertz CT molecular complexity index is 557. The minimum Gasteiger partial charge on any atom is -0.395 e. The number of nitrogens with zero attached hydrogens (tertiary/aromatic N) is 2. The van der Waals surface area contributed by atoms with E-state index in [1.165, 1.54) is 29.1 Å². The molecule has 1 aromatic carbocycles. The minimum atomic E-state index is 0.213. The molecule has 0 spiro atoms. The van der Waals surface area contributed by atoms with Crippen molar-refractivity contribution in [1.29, 1.82) is 0 Å². The summed E-state index contributed by atoms with van der Waals surface area (Å²) in [5.74, 6) is 0. The van der Waals surface area contributed by atoms with Gasteiger partial charge in [-0.3, -0.25) is 0 Å². The molecule has 0 atom stereocenters. The number of nitrogens with two attached hydrogens (primary N) is 1. The number of hydrogen-bond acceptors (Lipinski definition) is 4. The lowest BCUT2D eigenvalue weighted by Gasteiger charge is -2.06. The van der Waals surface area contributed by atoms with E-state index in [0.29, 0.717) is 10.7 Å². The summed E-state index contributed by atoms with van der Waals surface area (Å²) in [6, 6.07) is 6.23. The Morgan fingerprint density at radius 3 is 2.71 bits per heavy atom. The molecule has 0 aliphatic heterocycles. The zero-order valence-electron chi connectivity index (χ0n) is 9.57. The van der Waals surface area contributed by atoms with Crippen LogP contribution in [0.25, 0.3) is 0 Å². The molecule has 2 aromatic rings. The largest absolute Gasteiger partial charge is 0.395 e. The topological polar surface area (TPSA) is 51.8 Å². The lowest BCUT2D eigenvalue weighted by molar-refractivity contribution is 1.06. The quantitative estimate of drug-likeness (QED) is 0.667. The summed E-state index contributed by atoms with van der Waals surface area (Å²) in [6.45, 7) is 4.16. The summed E-state index contributed by atoms with van der Waals surface area (Å²) >= 11 is 7.24. The SMILES string of the molecule is Cc1ccc(Sc2nc(Cl)ncc2N)cc1C. The molecule has 5 heteroatoms. The number of nitrogen functional groups attached to an aromatic ring is 1. The fourth-order valence-corrected chi connectivity index (χ4v) is 2.41. The maximum atomic E-state index is 5.80. The highest BCUT2D eigenvalue weighted by atomic mass is 35.5. The van der Waals surface area contributed by atoms with Gasteiger partial charge in [0.05, 0.1) is 11.9 Å². The smallest absolute Gasteiger partial charge is 0.223 e. The van der Waals surface area contributed by atoms with E-state index in [-0.39, 0.29) is 5.28 Å². The summed E-state index contributed by atoms with van der Waals surface area (Å²) in [5.41, 5.74) is 8.85. The molecule has 2 rings (SSSR count). The van der Waals surface area contributed by atoms with E-state index >= 15 is 0 Å². The van der Waals surface area contributed by atoms with E-state index in [9.17, 15) is 0 Å². The summed E-state index contributed by atoms with van der Waals surface area (Å²) < 4.78 is 0. The monoisotopic (exact) mass is 265 g/mol. The average Bonchev–Trinajstić information content (AvgIpc) is 2.29. The minimum absolute atomic E-state index is 0.213. The third-order valence-electron chi connectivity index (χ3n) is 2.44. The van der Waals surface area contributed by atoms with E-state index in [1.807, 2.05) is 6.07 Å². The van der Waals surface area contributed by atoms with Crippen LogP contribution < -0.4 is 5.73 Å². The Morgan fingerprint density at radius 2 is 2.00 bits per heavy atom. The first-order valence-corrected chi connectivity index (χ1v) is 6.29. The average molecular weight is 266 g/mol. The van der Waals surface area contributed by atoms with Gasteiger partial charge in [0.1, 0.15) is 5.03 Å². The van der Waals surface area contributed by atoms with Gasteiger partial charge in [-0.2, -0.15) is 0 Å². The number of benzene rings is 1. The molecule has 0 radical (unpaired) electrons. The van der Waals surface area contributed by atoms with Crippen molar-refractivity contribution < 1.29 is 0 Å². The van der Waals surface area contributed by atoms with Gasteiger partial charge in [0.15, 0.2) is 0 Å². The highest BCUT2D eigenvalue weighted by Crippen LogP contribution is 2.31. The zero-order chi connectivity index (χ0) is 12.4. The molecule has 2 N–H and O–H groups in total. The fraction of sp³-hybridized carbons (Fsp3) is 0.167. The van der Waals surface area contributed by atoms with Gasteiger partial charge in [0, 0.05) is 4.90 Å². The van der Waals surface area contributed by atoms with Gasteiger partial charge in [-0.05, 0) is 48.7 Å². The second-order valence-corrected chi connectivity index (χ2v) is 5.15. The first kappa shape index (κ1) is 12.2. The van der Waals surface area contributed by atoms with Gasteiger partial charge in [-0.25, -0.2) is 9.97 Å². The van der Waals surface area contributed by atoms with Crippen molar-refractivity contribution >= 4 is 29.1 Å². The molecular formula is C12H12ClN3S. The predicted molar refractivity (Wildman–Crippen MR) is 71.5 cm³/mol. The Morgan fingerprint density at radius 1 is 1.24 bits per heavy atom. The van der Waals surface area contributed by atoms with Crippen LogP contribution in [0, 0.1) is 13.8 Å². The van der Waals surface area contributed by atoms with Crippen molar-refractivity contribution in [2.75, 3.05) is 5.73 Å². The van der Waals surface area contributed by atoms with Crippen LogP contribution in [0.1, 0.15) is 11.1 Å². The van der Waals surface area contributed by atoms with Gasteiger partial charge in [-0.15, -0.1) is 0 Å². The predicted octanol–water partition coefficient (Wildman–Crippen LogP) is 3.48. The Kier molecular flexibility index (Phi) is 3.54. The van der Waals surface area contributed by atoms with Gasteiger partial charge in [0.2, 0.25) is 5.28 Å². The number of aromatic nitrogens is 2. The zero-order valence-corrected chi connectivity index (χ0v) is 11.1. The summed E-state index contributed by atoms with van der Waals surface area (Å²) in [4.78, 5) is 9.03. The van der Waals surface area contributed by atoms with E-state index in [0.717, 1.165) is 4.90 Å². The highest BCUT2D eigenvalue weighted by molar-refractivity contribution is 7.99. The second kappa shape index (κ2) is 4.94. The second-order valence-electron chi connectivity index (χ2n) is 3.75. The Labute approximate surface area is 109 Å². The van der Waals surface area contributed by atoms with Gasteiger partial charge in [-0.1, -0.05) is 17.8 Å². The van der Waals surface area contributed by atoms with Crippen LogP contribution in [0.3, 0.4) is 0 Å². The van der Waals surface area contributed by atoms with Crippen LogP contribution in [-0.4, -0.2) is 9.97 Å². The van der Waals surface area contributed by atoms with E-state index in [2.05, 4.69) is 35.9 Å². The first-order valence-electron chi connectivity index (χ1n) is 5.09. The molecule has 0 bridgehead atoms. The van der Waals surface area contributed by atoms with Crippen LogP contribution >= 0.6 is 23.4 Å². The van der Waals surface area contributed by atoms with Crippen molar-refractivity contribution in [2.24, 2.45) is 0 Å². The number of aryl methyl sites for hydroxylation is 2. The van der Waals surface area contributed by atoms with Crippen molar-refractivity contribution in [1.82, 2.24) is 9.97 Å². The van der Waals surface area contributed by atoms with Crippen LogP contribution in [0.5, 0.6) is 0 Å². The first-order chi connectivity index (χ1) is 8.06. The van der Waals surface area contributed by atoms with Crippen molar-refractivity contribution in [3.63, 3.8) is 0 Å². The summed E-state index contributed by atoms with van der Waals surface area (Å²) in [7, 11) is 0. The number of halogens is 1. The maximum Gasteiger partial charge on any atom is 0.223 e. The molecule has 0 fully saturated rings. The molecule has 0 amide bonds. The molecule has 1 heterocycles.